The predicted octanol–water partition coefficient (Wildman–Crippen LogP) is 4.10. The average Bonchev–Trinajstić information content (AvgIpc) is 3.62. The number of nitrogens with zero attached hydrogens (tertiary/aromatic N) is 7. The minimum atomic E-state index is -0.216. The van der Waals surface area contributed by atoms with Gasteiger partial charge in [-0.05, 0) is 56.0 Å². The molecule has 3 heterocycles. The molecule has 0 spiro atoms. The Hall–Kier alpha value is -3.48. The lowest BCUT2D eigenvalue weighted by molar-refractivity contribution is -0.128. The van der Waals surface area contributed by atoms with Crippen LogP contribution in [0.25, 0.3) is 0 Å². The maximum absolute atomic E-state index is 12.5. The number of aryl methyl sites for hydroxylation is 1. The second-order valence-electron chi connectivity index (χ2n) is 11.2. The van der Waals surface area contributed by atoms with Gasteiger partial charge in [-0.2, -0.15) is 15.2 Å². The first-order valence-corrected chi connectivity index (χ1v) is 15.2. The van der Waals surface area contributed by atoms with Gasteiger partial charge in [-0.15, -0.1) is 0 Å². The number of nitriles is 1. The largest absolute Gasteiger partial charge is 0.463 e. The van der Waals surface area contributed by atoms with Gasteiger partial charge in [0.1, 0.15) is 5.82 Å². The summed E-state index contributed by atoms with van der Waals surface area (Å²) in [5.74, 6) is 0.755. The summed E-state index contributed by atoms with van der Waals surface area (Å²) in [7, 11) is 0. The molecule has 2 atom stereocenters. The molecule has 1 aromatic carbocycles. The van der Waals surface area contributed by atoms with Gasteiger partial charge in [-0.3, -0.25) is 9.69 Å². The number of aromatic nitrogens is 2. The summed E-state index contributed by atoms with van der Waals surface area (Å²) >= 11 is 0. The van der Waals surface area contributed by atoms with E-state index in [-0.39, 0.29) is 18.4 Å². The molecule has 0 bridgehead atoms. The monoisotopic (exact) mass is 557 g/mol. The number of carbonyl (C=O) groups excluding carboxylic acids is 1. The molecule has 1 saturated heterocycles. The summed E-state index contributed by atoms with van der Waals surface area (Å²) in [5, 5.41) is 9.51. The minimum Gasteiger partial charge on any atom is -0.463 e. The minimum absolute atomic E-state index is 0.128. The van der Waals surface area contributed by atoms with E-state index in [1.54, 1.807) is 4.90 Å². The fourth-order valence-corrected chi connectivity index (χ4v) is 6.63. The molecule has 1 amide bonds. The van der Waals surface area contributed by atoms with Gasteiger partial charge in [-0.1, -0.05) is 44.7 Å². The van der Waals surface area contributed by atoms with Crippen LogP contribution in [0.4, 0.5) is 5.82 Å². The number of amides is 1. The van der Waals surface area contributed by atoms with E-state index >= 15 is 0 Å². The molecule has 1 fully saturated rings. The lowest BCUT2D eigenvalue weighted by Crippen LogP contribution is -2.55. The van der Waals surface area contributed by atoms with Gasteiger partial charge in [0.05, 0.1) is 30.8 Å². The maximum atomic E-state index is 12.5. The highest BCUT2D eigenvalue weighted by Gasteiger charge is 2.37. The van der Waals surface area contributed by atoms with Crippen LogP contribution >= 0.6 is 0 Å². The molecule has 5 rings (SSSR count). The third kappa shape index (κ3) is 6.39. The van der Waals surface area contributed by atoms with E-state index in [1.807, 2.05) is 0 Å². The van der Waals surface area contributed by atoms with E-state index in [4.69, 9.17) is 14.7 Å². The number of ether oxygens (including phenoxy) is 1. The zero-order valence-corrected chi connectivity index (χ0v) is 24.6. The van der Waals surface area contributed by atoms with Crippen molar-refractivity contribution in [2.75, 3.05) is 50.8 Å². The molecule has 0 saturated carbocycles. The van der Waals surface area contributed by atoms with Crippen LogP contribution in [-0.4, -0.2) is 82.5 Å². The summed E-state index contributed by atoms with van der Waals surface area (Å²) in [6.07, 6.45) is 5.88. The van der Waals surface area contributed by atoms with Crippen LogP contribution in [0, 0.1) is 11.3 Å². The Kier molecular flexibility index (Phi) is 9.53. The SMILES string of the molecule is C=CC(=O)N1CCN(c2nc(OCCCN(CC)CCC)nc3c2CN(C2CCc4ccccc42)C3)C[C@@H]1CC#N. The highest BCUT2D eigenvalue weighted by atomic mass is 16.5. The number of hydrogen-bond donors (Lipinski definition) is 0. The highest BCUT2D eigenvalue weighted by Crippen LogP contribution is 2.42. The van der Waals surface area contributed by atoms with Crippen molar-refractivity contribution < 1.29 is 9.53 Å². The molecular weight excluding hydrogens is 514 g/mol. The first-order chi connectivity index (χ1) is 20.1. The van der Waals surface area contributed by atoms with Gasteiger partial charge >= 0.3 is 6.01 Å². The van der Waals surface area contributed by atoms with Crippen molar-refractivity contribution in [1.82, 2.24) is 24.7 Å². The van der Waals surface area contributed by atoms with E-state index in [1.165, 1.54) is 17.2 Å². The van der Waals surface area contributed by atoms with E-state index in [0.29, 0.717) is 38.3 Å². The molecule has 218 valence electrons. The highest BCUT2D eigenvalue weighted by molar-refractivity contribution is 5.87. The van der Waals surface area contributed by atoms with Crippen LogP contribution < -0.4 is 9.64 Å². The average molecular weight is 558 g/mol. The molecule has 1 unspecified atom stereocenters. The van der Waals surface area contributed by atoms with Crippen molar-refractivity contribution in [3.05, 3.63) is 59.3 Å². The Morgan fingerprint density at radius 1 is 1.22 bits per heavy atom. The number of carbonyl (C=O) groups is 1. The number of fused-ring (bicyclic) bond motifs is 2. The Morgan fingerprint density at radius 2 is 2.07 bits per heavy atom. The molecule has 9 nitrogen and oxygen atoms in total. The molecule has 3 aliphatic rings. The Morgan fingerprint density at radius 3 is 2.85 bits per heavy atom. The zero-order valence-electron chi connectivity index (χ0n) is 24.6. The molecule has 9 heteroatoms. The molecule has 2 aliphatic heterocycles. The van der Waals surface area contributed by atoms with Crippen molar-refractivity contribution in [2.24, 2.45) is 0 Å². The van der Waals surface area contributed by atoms with Crippen molar-refractivity contribution in [3.63, 3.8) is 0 Å². The van der Waals surface area contributed by atoms with Crippen molar-refractivity contribution >= 4 is 11.7 Å². The fourth-order valence-electron chi connectivity index (χ4n) is 6.63. The van der Waals surface area contributed by atoms with Crippen LogP contribution in [0.15, 0.2) is 36.9 Å². The van der Waals surface area contributed by atoms with E-state index in [0.717, 1.165) is 75.5 Å². The Balaban J connectivity index is 1.38. The molecule has 41 heavy (non-hydrogen) atoms. The van der Waals surface area contributed by atoms with Crippen LogP contribution in [0.1, 0.15) is 68.0 Å². The van der Waals surface area contributed by atoms with E-state index in [9.17, 15) is 10.1 Å². The molecule has 1 aromatic heterocycles. The van der Waals surface area contributed by atoms with Gasteiger partial charge in [0.25, 0.3) is 0 Å². The molecule has 1 aliphatic carbocycles. The van der Waals surface area contributed by atoms with Gasteiger partial charge in [0.15, 0.2) is 0 Å². The van der Waals surface area contributed by atoms with Crippen molar-refractivity contribution in [3.8, 4) is 12.1 Å². The quantitative estimate of drug-likeness (QED) is 0.285. The standard InChI is InChI=1S/C32H43N7O2/c1-4-16-36(6-3)17-9-20-41-32-34-28-23-38(29-13-12-24-10-7-8-11-26(24)29)22-27(28)31(35-32)37-18-19-39(30(40)5-2)25(21-37)14-15-33/h5,7-8,10-11,25,29H,2,4,6,9,12-14,16-23H2,1,3H3/t25-,29?/m0/s1. The van der Waals surface area contributed by atoms with Gasteiger partial charge < -0.3 is 19.4 Å². The van der Waals surface area contributed by atoms with E-state index < -0.39 is 0 Å². The van der Waals surface area contributed by atoms with Gasteiger partial charge in [-0.25, -0.2) is 0 Å². The number of anilines is 1. The normalized spacial score (nSPS) is 20.1. The lowest BCUT2D eigenvalue weighted by Gasteiger charge is -2.41. The smallest absolute Gasteiger partial charge is 0.318 e. The van der Waals surface area contributed by atoms with Crippen LogP contribution in [0.3, 0.4) is 0 Å². The second-order valence-corrected chi connectivity index (χ2v) is 11.2. The summed E-state index contributed by atoms with van der Waals surface area (Å²) in [4.78, 5) is 31.4. The number of piperazine rings is 1. The Bertz CT molecular complexity index is 1280. The number of benzene rings is 1. The number of hydrogen-bond acceptors (Lipinski definition) is 8. The second kappa shape index (κ2) is 13.5. The van der Waals surface area contributed by atoms with Crippen molar-refractivity contribution in [2.45, 2.75) is 71.1 Å². The van der Waals surface area contributed by atoms with Gasteiger partial charge in [0.2, 0.25) is 5.91 Å². The first kappa shape index (κ1) is 29.0. The summed E-state index contributed by atoms with van der Waals surface area (Å²) in [5.41, 5.74) is 5.03. The lowest BCUT2D eigenvalue weighted by atomic mass is 10.1. The summed E-state index contributed by atoms with van der Waals surface area (Å²) in [6, 6.07) is 11.6. The third-order valence-electron chi connectivity index (χ3n) is 8.71. The maximum Gasteiger partial charge on any atom is 0.318 e. The Labute approximate surface area is 244 Å². The summed E-state index contributed by atoms with van der Waals surface area (Å²) < 4.78 is 6.18. The molecule has 0 radical (unpaired) electrons. The van der Waals surface area contributed by atoms with Crippen molar-refractivity contribution in [1.29, 1.82) is 5.26 Å². The van der Waals surface area contributed by atoms with Crippen LogP contribution in [0.5, 0.6) is 6.01 Å². The number of rotatable bonds is 12. The van der Waals surface area contributed by atoms with Crippen LogP contribution in [0.2, 0.25) is 0 Å². The van der Waals surface area contributed by atoms with Crippen LogP contribution in [-0.2, 0) is 24.3 Å². The zero-order chi connectivity index (χ0) is 28.8. The fraction of sp³-hybridized carbons (Fsp3) is 0.562. The topological polar surface area (TPSA) is 88.8 Å². The van der Waals surface area contributed by atoms with E-state index in [2.05, 4.69) is 65.5 Å². The molecular formula is C32H43N7O2. The predicted molar refractivity (Wildman–Crippen MR) is 159 cm³/mol. The first-order valence-electron chi connectivity index (χ1n) is 15.2. The molecule has 0 N–H and O–H groups in total. The molecule has 2 aromatic rings. The third-order valence-corrected chi connectivity index (χ3v) is 8.71. The summed E-state index contributed by atoms with van der Waals surface area (Å²) in [6.45, 7) is 15.0. The van der Waals surface area contributed by atoms with Gasteiger partial charge in [0, 0.05) is 50.9 Å².